The number of nitrogens with one attached hydrogen (secondary N) is 1. The maximum atomic E-state index is 5.77. The number of rotatable bonds is 1. The van der Waals surface area contributed by atoms with Crippen molar-refractivity contribution in [3.63, 3.8) is 0 Å². The zero-order valence-corrected chi connectivity index (χ0v) is 6.77. The van der Waals surface area contributed by atoms with E-state index >= 15 is 0 Å². The Bertz CT molecular complexity index is 234. The number of aromatic nitrogens is 2. The first kappa shape index (κ1) is 7.57. The maximum Gasteiger partial charge on any atom is 0.124 e. The number of hydrogen-bond acceptors (Lipinski definition) is 4. The number of hydrogen-bond donors (Lipinski definition) is 3. The van der Waals surface area contributed by atoms with Crippen LogP contribution in [-0.2, 0) is 0 Å². The molecule has 2 rings (SSSR count). The van der Waals surface area contributed by atoms with E-state index in [1.54, 1.807) is 6.20 Å². The molecule has 1 fully saturated rings. The molecular weight excluding hydrogens is 154 g/mol. The zero-order valence-electron chi connectivity index (χ0n) is 6.77. The fraction of sp³-hybridized carbons (Fsp3) is 0.571. The summed E-state index contributed by atoms with van der Waals surface area (Å²) in [5, 5.41) is 6.75. The molecule has 5 heteroatoms. The molecule has 0 unspecified atom stereocenters. The van der Waals surface area contributed by atoms with Gasteiger partial charge in [-0.15, -0.1) is 0 Å². The molecule has 5 nitrogen and oxygen atoms in total. The standard InChI is InChI=1S/C7H13N5/c8-5-3-12(4-6(5)9)7-1-2-10-11-7/h1-2,5-6H,3-4,8-9H2,(H,10,11)/t5-,6+. The van der Waals surface area contributed by atoms with Crippen LogP contribution in [0.2, 0.25) is 0 Å². The largest absolute Gasteiger partial charge is 0.354 e. The third kappa shape index (κ3) is 1.17. The Hall–Kier alpha value is -1.07. The monoisotopic (exact) mass is 167 g/mol. The summed E-state index contributed by atoms with van der Waals surface area (Å²) in [7, 11) is 0. The summed E-state index contributed by atoms with van der Waals surface area (Å²) in [5.74, 6) is 0.999. The van der Waals surface area contributed by atoms with Gasteiger partial charge in [-0.25, -0.2) is 0 Å². The molecule has 1 aliphatic heterocycles. The average Bonchev–Trinajstić information content (AvgIpc) is 2.61. The topological polar surface area (TPSA) is 84.0 Å². The molecule has 0 amide bonds. The molecule has 0 aromatic carbocycles. The van der Waals surface area contributed by atoms with E-state index in [-0.39, 0.29) is 12.1 Å². The summed E-state index contributed by atoms with van der Waals surface area (Å²) in [6.45, 7) is 1.62. The van der Waals surface area contributed by atoms with E-state index in [0.717, 1.165) is 18.9 Å². The van der Waals surface area contributed by atoms with Crippen molar-refractivity contribution in [1.29, 1.82) is 0 Å². The second kappa shape index (κ2) is 2.76. The van der Waals surface area contributed by atoms with Crippen LogP contribution in [0.1, 0.15) is 0 Å². The van der Waals surface area contributed by atoms with Gasteiger partial charge in [0.15, 0.2) is 0 Å². The minimum Gasteiger partial charge on any atom is -0.354 e. The van der Waals surface area contributed by atoms with Gasteiger partial charge in [0.2, 0.25) is 0 Å². The van der Waals surface area contributed by atoms with Crippen LogP contribution in [0.5, 0.6) is 0 Å². The van der Waals surface area contributed by atoms with Gasteiger partial charge in [0.1, 0.15) is 5.82 Å². The Labute approximate surface area is 70.7 Å². The van der Waals surface area contributed by atoms with E-state index in [0.29, 0.717) is 0 Å². The lowest BCUT2D eigenvalue weighted by atomic mass is 10.2. The van der Waals surface area contributed by atoms with Crippen LogP contribution in [0.25, 0.3) is 0 Å². The van der Waals surface area contributed by atoms with Gasteiger partial charge in [0.05, 0.1) is 6.20 Å². The van der Waals surface area contributed by atoms with Gasteiger partial charge < -0.3 is 16.4 Å². The minimum absolute atomic E-state index is 0.0771. The Morgan fingerprint density at radius 1 is 1.42 bits per heavy atom. The molecule has 2 heterocycles. The third-order valence-corrected chi connectivity index (χ3v) is 2.24. The van der Waals surface area contributed by atoms with Crippen molar-refractivity contribution >= 4 is 5.82 Å². The number of aromatic amines is 1. The van der Waals surface area contributed by atoms with E-state index in [2.05, 4.69) is 15.1 Å². The maximum absolute atomic E-state index is 5.77. The van der Waals surface area contributed by atoms with E-state index < -0.39 is 0 Å². The highest BCUT2D eigenvalue weighted by molar-refractivity contribution is 5.39. The molecule has 0 saturated carbocycles. The van der Waals surface area contributed by atoms with Crippen molar-refractivity contribution < 1.29 is 0 Å². The zero-order chi connectivity index (χ0) is 8.55. The smallest absolute Gasteiger partial charge is 0.124 e. The highest BCUT2D eigenvalue weighted by Crippen LogP contribution is 2.14. The fourth-order valence-corrected chi connectivity index (χ4v) is 1.48. The Kier molecular flexibility index (Phi) is 1.74. The van der Waals surface area contributed by atoms with Gasteiger partial charge >= 0.3 is 0 Å². The van der Waals surface area contributed by atoms with Crippen molar-refractivity contribution in [2.45, 2.75) is 12.1 Å². The summed E-state index contributed by atoms with van der Waals surface area (Å²) in [6, 6.07) is 2.08. The van der Waals surface area contributed by atoms with Crippen molar-refractivity contribution in [3.05, 3.63) is 12.3 Å². The molecule has 0 bridgehead atoms. The van der Waals surface area contributed by atoms with Gasteiger partial charge in [0, 0.05) is 31.2 Å². The quantitative estimate of drug-likeness (QED) is 0.495. The Morgan fingerprint density at radius 3 is 2.58 bits per heavy atom. The second-order valence-corrected chi connectivity index (χ2v) is 3.17. The fourth-order valence-electron chi connectivity index (χ4n) is 1.48. The Balaban J connectivity index is 2.09. The molecule has 2 atom stereocenters. The average molecular weight is 167 g/mol. The molecule has 0 aliphatic carbocycles. The number of nitrogens with two attached hydrogens (primary N) is 2. The molecule has 66 valence electrons. The number of anilines is 1. The molecule has 12 heavy (non-hydrogen) atoms. The number of H-pyrrole nitrogens is 1. The lowest BCUT2D eigenvalue weighted by molar-refractivity contribution is 0.642. The summed E-state index contributed by atoms with van der Waals surface area (Å²) >= 11 is 0. The molecule has 1 saturated heterocycles. The highest BCUT2D eigenvalue weighted by atomic mass is 15.3. The van der Waals surface area contributed by atoms with Gasteiger partial charge in [0.25, 0.3) is 0 Å². The lowest BCUT2D eigenvalue weighted by Crippen LogP contribution is -2.39. The van der Waals surface area contributed by atoms with Gasteiger partial charge in [-0.05, 0) is 0 Å². The molecular formula is C7H13N5. The van der Waals surface area contributed by atoms with Gasteiger partial charge in [-0.2, -0.15) is 5.10 Å². The van der Waals surface area contributed by atoms with Crippen molar-refractivity contribution in [3.8, 4) is 0 Å². The lowest BCUT2D eigenvalue weighted by Gasteiger charge is -2.14. The van der Waals surface area contributed by atoms with Crippen molar-refractivity contribution in [2.24, 2.45) is 11.5 Å². The molecule has 0 spiro atoms. The van der Waals surface area contributed by atoms with Crippen LogP contribution in [0.3, 0.4) is 0 Å². The van der Waals surface area contributed by atoms with Crippen molar-refractivity contribution in [1.82, 2.24) is 10.2 Å². The third-order valence-electron chi connectivity index (χ3n) is 2.24. The summed E-state index contributed by atoms with van der Waals surface area (Å²) in [5.41, 5.74) is 11.5. The second-order valence-electron chi connectivity index (χ2n) is 3.17. The van der Waals surface area contributed by atoms with Gasteiger partial charge in [-0.1, -0.05) is 0 Å². The van der Waals surface area contributed by atoms with Crippen LogP contribution in [0, 0.1) is 0 Å². The molecule has 0 radical (unpaired) electrons. The predicted molar refractivity (Wildman–Crippen MR) is 46.8 cm³/mol. The minimum atomic E-state index is 0.0771. The van der Waals surface area contributed by atoms with Crippen LogP contribution in [0.15, 0.2) is 12.3 Å². The molecule has 5 N–H and O–H groups in total. The predicted octanol–water partition coefficient (Wildman–Crippen LogP) is -1.12. The molecule has 1 aliphatic rings. The molecule has 1 aromatic rings. The number of nitrogens with zero attached hydrogens (tertiary/aromatic N) is 2. The van der Waals surface area contributed by atoms with Crippen LogP contribution in [-0.4, -0.2) is 35.4 Å². The van der Waals surface area contributed by atoms with Crippen LogP contribution in [0.4, 0.5) is 5.82 Å². The van der Waals surface area contributed by atoms with Crippen LogP contribution >= 0.6 is 0 Å². The van der Waals surface area contributed by atoms with Crippen molar-refractivity contribution in [2.75, 3.05) is 18.0 Å². The highest BCUT2D eigenvalue weighted by Gasteiger charge is 2.27. The van der Waals surface area contributed by atoms with E-state index in [1.807, 2.05) is 6.07 Å². The van der Waals surface area contributed by atoms with E-state index in [4.69, 9.17) is 11.5 Å². The molecule has 1 aromatic heterocycles. The Morgan fingerprint density at radius 2 is 2.08 bits per heavy atom. The van der Waals surface area contributed by atoms with E-state index in [1.165, 1.54) is 0 Å². The SMILES string of the molecule is N[C@@H]1CN(c2ccn[nH]2)C[C@@H]1N. The summed E-state index contributed by atoms with van der Waals surface area (Å²) in [4.78, 5) is 2.11. The van der Waals surface area contributed by atoms with E-state index in [9.17, 15) is 0 Å². The first-order valence-electron chi connectivity index (χ1n) is 4.03. The first-order chi connectivity index (χ1) is 5.77. The first-order valence-corrected chi connectivity index (χ1v) is 4.03. The summed E-state index contributed by atoms with van der Waals surface area (Å²) < 4.78 is 0. The van der Waals surface area contributed by atoms with Gasteiger partial charge in [-0.3, -0.25) is 5.10 Å². The normalized spacial score (nSPS) is 29.7. The van der Waals surface area contributed by atoms with Crippen LogP contribution < -0.4 is 16.4 Å². The summed E-state index contributed by atoms with van der Waals surface area (Å²) in [6.07, 6.45) is 1.73.